The summed E-state index contributed by atoms with van der Waals surface area (Å²) in [6.07, 6.45) is 3.51. The van der Waals surface area contributed by atoms with Crippen LogP contribution >= 0.6 is 0 Å². The van der Waals surface area contributed by atoms with Gasteiger partial charge in [0.05, 0.1) is 27.2 Å². The maximum absolute atomic E-state index is 13.4. The molecule has 2 aromatic carbocycles. The highest BCUT2D eigenvalue weighted by molar-refractivity contribution is 7.89. The van der Waals surface area contributed by atoms with E-state index in [1.165, 1.54) is 12.1 Å². The van der Waals surface area contributed by atoms with Gasteiger partial charge in [0.25, 0.3) is 0 Å². The summed E-state index contributed by atoms with van der Waals surface area (Å²) < 4.78 is 42.7. The Morgan fingerprint density at radius 2 is 1.76 bits per heavy atom. The average Bonchev–Trinajstić information content (AvgIpc) is 2.93. The number of primary amides is 1. The number of nitrogens with two attached hydrogens (primary N) is 1. The number of halogens is 1. The third-order valence-electron chi connectivity index (χ3n) is 7.79. The van der Waals surface area contributed by atoms with E-state index >= 15 is 0 Å². The van der Waals surface area contributed by atoms with E-state index in [2.05, 4.69) is 14.7 Å². The second-order valence-electron chi connectivity index (χ2n) is 9.96. The zero-order valence-electron chi connectivity index (χ0n) is 21.0. The highest BCUT2D eigenvalue weighted by atomic mass is 32.2. The number of amides is 1. The number of aromatic nitrogens is 2. The topological polar surface area (TPSA) is 115 Å². The molecule has 0 unspecified atom stereocenters. The quantitative estimate of drug-likeness (QED) is 0.350. The minimum atomic E-state index is -3.80. The summed E-state index contributed by atoms with van der Waals surface area (Å²) in [5.74, 6) is -0.977. The number of pyridine rings is 2. The molecule has 2 heterocycles. The van der Waals surface area contributed by atoms with E-state index in [0.717, 1.165) is 11.3 Å². The number of sulfonamides is 1. The summed E-state index contributed by atoms with van der Waals surface area (Å²) in [5, 5.41) is 0.706. The average molecular weight is 533 g/mol. The summed E-state index contributed by atoms with van der Waals surface area (Å²) in [6.45, 7) is 1.92. The third-order valence-corrected chi connectivity index (χ3v) is 9.31. The molecular weight excluding hydrogens is 503 g/mol. The molecule has 196 valence electrons. The van der Waals surface area contributed by atoms with Crippen LogP contribution in [-0.2, 0) is 14.8 Å². The van der Waals surface area contributed by atoms with Gasteiger partial charge in [-0.05, 0) is 85.7 Å². The molecule has 0 bridgehead atoms. The number of hydrogen-bond donors (Lipinski definition) is 2. The molecular formula is C29H29FN4O3S. The minimum Gasteiger partial charge on any atom is -0.369 e. The first kappa shape index (κ1) is 25.9. The molecule has 1 fully saturated rings. The number of hydrogen-bond acceptors (Lipinski definition) is 5. The van der Waals surface area contributed by atoms with E-state index in [1.807, 2.05) is 37.3 Å². The van der Waals surface area contributed by atoms with Gasteiger partial charge in [-0.25, -0.2) is 22.5 Å². The molecule has 4 aromatic rings. The first-order chi connectivity index (χ1) is 18.2. The van der Waals surface area contributed by atoms with Gasteiger partial charge < -0.3 is 5.73 Å². The van der Waals surface area contributed by atoms with Crippen LogP contribution in [0.5, 0.6) is 0 Å². The van der Waals surface area contributed by atoms with Crippen molar-refractivity contribution in [1.29, 1.82) is 0 Å². The van der Waals surface area contributed by atoms with Crippen molar-refractivity contribution in [2.45, 2.75) is 49.5 Å². The van der Waals surface area contributed by atoms with Gasteiger partial charge in [-0.3, -0.25) is 9.78 Å². The lowest BCUT2D eigenvalue weighted by molar-refractivity contribution is -0.131. The fraction of sp³-hybridized carbons (Fsp3) is 0.276. The van der Waals surface area contributed by atoms with Crippen molar-refractivity contribution in [3.05, 3.63) is 90.4 Å². The van der Waals surface area contributed by atoms with Gasteiger partial charge in [-0.2, -0.15) is 0 Å². The second kappa shape index (κ2) is 10.2. The van der Waals surface area contributed by atoms with Crippen molar-refractivity contribution in [2.75, 3.05) is 0 Å². The summed E-state index contributed by atoms with van der Waals surface area (Å²) in [6, 6.07) is 19.9. The fourth-order valence-electron chi connectivity index (χ4n) is 5.43. The minimum absolute atomic E-state index is 0.156. The van der Waals surface area contributed by atoms with Crippen LogP contribution in [0.3, 0.4) is 0 Å². The van der Waals surface area contributed by atoms with E-state index in [9.17, 15) is 17.6 Å². The predicted molar refractivity (Wildman–Crippen MR) is 144 cm³/mol. The highest BCUT2D eigenvalue weighted by Gasteiger charge is 2.45. The monoisotopic (exact) mass is 532 g/mol. The Morgan fingerprint density at radius 1 is 1.03 bits per heavy atom. The molecule has 0 radical (unpaired) electrons. The van der Waals surface area contributed by atoms with E-state index < -0.39 is 21.3 Å². The largest absolute Gasteiger partial charge is 0.369 e. The Morgan fingerprint density at radius 3 is 2.42 bits per heavy atom. The Kier molecular flexibility index (Phi) is 6.98. The smallest absolute Gasteiger partial charge is 0.240 e. The lowest BCUT2D eigenvalue weighted by atomic mass is 9.63. The van der Waals surface area contributed by atoms with Crippen LogP contribution in [0.4, 0.5) is 4.39 Å². The number of carbonyl (C=O) groups excluding carboxylic acids is 1. The molecule has 0 aliphatic heterocycles. The van der Waals surface area contributed by atoms with Gasteiger partial charge in [-0.15, -0.1) is 0 Å². The molecule has 5 rings (SSSR count). The Bertz CT molecular complexity index is 1570. The SMILES string of the molecule is C[C@H](c1ccc(F)cc1)C1(C(N)=O)CCC(NS(=O)(=O)c2ccc3nc(-c4ccccn4)ccc3c2)CC1. The summed E-state index contributed by atoms with van der Waals surface area (Å²) in [5.41, 5.74) is 8.01. The summed E-state index contributed by atoms with van der Waals surface area (Å²) in [7, 11) is -3.80. The van der Waals surface area contributed by atoms with Gasteiger partial charge in [-0.1, -0.05) is 31.2 Å². The van der Waals surface area contributed by atoms with E-state index in [0.29, 0.717) is 42.3 Å². The highest BCUT2D eigenvalue weighted by Crippen LogP contribution is 2.47. The van der Waals surface area contributed by atoms with Crippen LogP contribution < -0.4 is 10.5 Å². The van der Waals surface area contributed by atoms with Crippen molar-refractivity contribution in [3.63, 3.8) is 0 Å². The number of rotatable bonds is 7. The van der Waals surface area contributed by atoms with E-state index in [4.69, 9.17) is 5.73 Å². The summed E-state index contributed by atoms with van der Waals surface area (Å²) in [4.78, 5) is 21.7. The van der Waals surface area contributed by atoms with Crippen LogP contribution in [-0.4, -0.2) is 30.3 Å². The molecule has 3 N–H and O–H groups in total. The lowest BCUT2D eigenvalue weighted by Gasteiger charge is -2.42. The zero-order valence-corrected chi connectivity index (χ0v) is 21.8. The summed E-state index contributed by atoms with van der Waals surface area (Å²) >= 11 is 0. The first-order valence-electron chi connectivity index (χ1n) is 12.6. The Labute approximate surface area is 221 Å². The van der Waals surface area contributed by atoms with Gasteiger partial charge in [0.2, 0.25) is 15.9 Å². The molecule has 38 heavy (non-hydrogen) atoms. The zero-order chi connectivity index (χ0) is 26.9. The van der Waals surface area contributed by atoms with Crippen LogP contribution in [0.1, 0.15) is 44.1 Å². The van der Waals surface area contributed by atoms with Gasteiger partial charge in [0.1, 0.15) is 5.82 Å². The Balaban J connectivity index is 1.31. The normalized spacial score (nSPS) is 20.7. The number of nitrogens with zero attached hydrogens (tertiary/aromatic N) is 2. The van der Waals surface area contributed by atoms with E-state index in [1.54, 1.807) is 36.5 Å². The maximum atomic E-state index is 13.4. The van der Waals surface area contributed by atoms with Crippen molar-refractivity contribution in [2.24, 2.45) is 11.1 Å². The third kappa shape index (κ3) is 5.04. The number of fused-ring (bicyclic) bond motifs is 1. The molecule has 1 aliphatic rings. The standard InChI is InChI=1S/C29H29FN4O3S/c1-19(20-5-8-22(30)9-6-20)29(28(31)35)15-13-23(14-16-29)34-38(36,37)24-10-12-25-21(18-24)7-11-27(33-25)26-4-2-3-17-32-26/h2-12,17-19,23,34H,13-16H2,1H3,(H2,31,35)/t19-,23?,29?/m1/s1. The van der Waals surface area contributed by atoms with E-state index in [-0.39, 0.29) is 22.7 Å². The molecule has 9 heteroatoms. The number of benzene rings is 2. The molecule has 0 saturated heterocycles. The lowest BCUT2D eigenvalue weighted by Crippen LogP contribution is -2.48. The van der Waals surface area contributed by atoms with Crippen LogP contribution in [0.25, 0.3) is 22.3 Å². The molecule has 1 atom stereocenters. The fourth-order valence-corrected chi connectivity index (χ4v) is 6.77. The van der Waals surface area contributed by atoms with Gasteiger partial charge in [0.15, 0.2) is 0 Å². The van der Waals surface area contributed by atoms with Crippen molar-refractivity contribution >= 4 is 26.8 Å². The first-order valence-corrected chi connectivity index (χ1v) is 14.1. The maximum Gasteiger partial charge on any atom is 0.240 e. The van der Waals surface area contributed by atoms with Crippen LogP contribution in [0.2, 0.25) is 0 Å². The second-order valence-corrected chi connectivity index (χ2v) is 11.7. The number of carbonyl (C=O) groups is 1. The van der Waals surface area contributed by atoms with Crippen molar-refractivity contribution in [3.8, 4) is 11.4 Å². The van der Waals surface area contributed by atoms with Gasteiger partial charge >= 0.3 is 0 Å². The molecule has 1 saturated carbocycles. The molecule has 2 aromatic heterocycles. The molecule has 7 nitrogen and oxygen atoms in total. The molecule has 0 spiro atoms. The predicted octanol–water partition coefficient (Wildman–Crippen LogP) is 4.93. The Hall–Kier alpha value is -3.69. The van der Waals surface area contributed by atoms with Crippen molar-refractivity contribution in [1.82, 2.24) is 14.7 Å². The molecule has 1 aliphatic carbocycles. The van der Waals surface area contributed by atoms with Crippen LogP contribution in [0.15, 0.2) is 83.9 Å². The van der Waals surface area contributed by atoms with Crippen LogP contribution in [0, 0.1) is 11.2 Å². The number of nitrogens with one attached hydrogen (secondary N) is 1. The van der Waals surface area contributed by atoms with Gasteiger partial charge in [0, 0.05) is 17.6 Å². The van der Waals surface area contributed by atoms with Crippen molar-refractivity contribution < 1.29 is 17.6 Å². The molecule has 1 amide bonds.